The molecular weight excluding hydrogens is 368 g/mol. The normalized spacial score (nSPS) is 12.6. The molecule has 0 aliphatic heterocycles. The highest BCUT2D eigenvalue weighted by molar-refractivity contribution is 7.94. The molecule has 0 spiro atoms. The fourth-order valence-corrected chi connectivity index (χ4v) is 3.90. The second-order valence-electron chi connectivity index (χ2n) is 6.32. The van der Waals surface area contributed by atoms with Crippen molar-refractivity contribution >= 4 is 20.8 Å². The molecule has 0 aromatic heterocycles. The van der Waals surface area contributed by atoms with E-state index in [0.717, 1.165) is 19.3 Å². The number of hydrogen-bond acceptors (Lipinski definition) is 6. The molecule has 7 nitrogen and oxygen atoms in total. The molecule has 0 unspecified atom stereocenters. The van der Waals surface area contributed by atoms with Gasteiger partial charge in [0.2, 0.25) is 0 Å². The van der Waals surface area contributed by atoms with Gasteiger partial charge in [-0.15, -0.1) is 3.63 Å². The molecule has 0 saturated carbocycles. The maximum atomic E-state index is 11.0. The summed E-state index contributed by atoms with van der Waals surface area (Å²) in [5, 5.41) is 0. The maximum absolute atomic E-state index is 11.0. The van der Waals surface area contributed by atoms with Gasteiger partial charge in [-0.25, -0.2) is 4.18 Å². The van der Waals surface area contributed by atoms with E-state index in [1.807, 2.05) is 0 Å². The fraction of sp³-hybridized carbons (Fsp3) is 1.00. The van der Waals surface area contributed by atoms with Gasteiger partial charge in [-0.2, -0.15) is 16.8 Å². The van der Waals surface area contributed by atoms with Crippen LogP contribution in [0.5, 0.6) is 0 Å². The molecule has 0 heterocycles. The lowest BCUT2D eigenvalue weighted by Crippen LogP contribution is -2.15. The molecule has 0 aliphatic rings. The van der Waals surface area contributed by atoms with Crippen molar-refractivity contribution in [3.8, 4) is 0 Å². The zero-order valence-corrected chi connectivity index (χ0v) is 17.0. The molecule has 0 radical (unpaired) electrons. The Balaban J connectivity index is 3.32. The van der Waals surface area contributed by atoms with Crippen LogP contribution in [0.1, 0.15) is 96.8 Å². The molecule has 0 aromatic carbocycles. The Morgan fingerprint density at radius 2 is 1.00 bits per heavy atom. The van der Waals surface area contributed by atoms with E-state index in [4.69, 9.17) is 4.55 Å². The summed E-state index contributed by atoms with van der Waals surface area (Å²) in [6.07, 6.45) is 16.5. The molecule has 0 fully saturated rings. The fourth-order valence-electron chi connectivity index (χ4n) is 2.58. The lowest BCUT2D eigenvalue weighted by molar-refractivity contribution is 0.258. The van der Waals surface area contributed by atoms with Crippen molar-refractivity contribution in [1.82, 2.24) is 0 Å². The topological polar surface area (TPSA) is 107 Å². The van der Waals surface area contributed by atoms with E-state index in [1.165, 1.54) is 64.2 Å². The molecular formula is C16H34O7S2. The summed E-state index contributed by atoms with van der Waals surface area (Å²) in [6.45, 7) is 2.07. The van der Waals surface area contributed by atoms with Gasteiger partial charge in [0.05, 0.1) is 6.61 Å². The van der Waals surface area contributed by atoms with Gasteiger partial charge >= 0.3 is 20.8 Å². The summed E-state index contributed by atoms with van der Waals surface area (Å²) in [7, 11) is -9.76. The number of hydrogen-bond donors (Lipinski definition) is 1. The van der Waals surface area contributed by atoms with Gasteiger partial charge in [-0.3, -0.25) is 4.55 Å². The molecule has 0 amide bonds. The molecule has 0 bridgehead atoms. The first-order valence-electron chi connectivity index (χ1n) is 9.35. The minimum Gasteiger partial charge on any atom is -0.263 e. The Hall–Kier alpha value is -0.220. The first-order chi connectivity index (χ1) is 11.8. The Kier molecular flexibility index (Phi) is 14.8. The van der Waals surface area contributed by atoms with Crippen molar-refractivity contribution in [1.29, 1.82) is 0 Å². The van der Waals surface area contributed by atoms with Crippen LogP contribution in [0.2, 0.25) is 0 Å². The third-order valence-corrected chi connectivity index (χ3v) is 5.70. The average Bonchev–Trinajstić information content (AvgIpc) is 2.48. The highest BCUT2D eigenvalue weighted by Gasteiger charge is 2.20. The van der Waals surface area contributed by atoms with Crippen LogP contribution in [-0.4, -0.2) is 28.0 Å². The molecule has 9 heteroatoms. The predicted molar refractivity (Wildman–Crippen MR) is 97.8 cm³/mol. The first kappa shape index (κ1) is 24.8. The summed E-state index contributed by atoms with van der Waals surface area (Å²) in [5.74, 6) is 0. The first-order valence-corrected chi connectivity index (χ1v) is 12.0. The zero-order chi connectivity index (χ0) is 19.0. The molecule has 0 aliphatic carbocycles. The van der Waals surface area contributed by atoms with Gasteiger partial charge in [0.1, 0.15) is 0 Å². The smallest absolute Gasteiger partial charge is 0.263 e. The van der Waals surface area contributed by atoms with Gasteiger partial charge in [-0.05, 0) is 6.42 Å². The van der Waals surface area contributed by atoms with Crippen molar-refractivity contribution in [2.45, 2.75) is 96.8 Å². The van der Waals surface area contributed by atoms with E-state index in [1.54, 1.807) is 0 Å². The van der Waals surface area contributed by atoms with Crippen LogP contribution in [0.4, 0.5) is 0 Å². The van der Waals surface area contributed by atoms with Crippen molar-refractivity contribution in [3.63, 3.8) is 0 Å². The van der Waals surface area contributed by atoms with Crippen LogP contribution in [0.3, 0.4) is 0 Å². The van der Waals surface area contributed by atoms with E-state index >= 15 is 0 Å². The minimum atomic E-state index is -5.07. The second kappa shape index (κ2) is 14.9. The number of rotatable bonds is 18. The van der Waals surface area contributed by atoms with Gasteiger partial charge in [0.15, 0.2) is 0 Å². The van der Waals surface area contributed by atoms with Crippen LogP contribution < -0.4 is 0 Å². The molecule has 152 valence electrons. The van der Waals surface area contributed by atoms with Crippen molar-refractivity contribution in [3.05, 3.63) is 0 Å². The summed E-state index contributed by atoms with van der Waals surface area (Å²) in [5.41, 5.74) is 0. The Bertz CT molecular complexity index is 501. The predicted octanol–water partition coefficient (Wildman–Crippen LogP) is 4.55. The van der Waals surface area contributed by atoms with Crippen LogP contribution in [0.25, 0.3) is 0 Å². The lowest BCUT2D eigenvalue weighted by atomic mass is 10.0. The Labute approximate surface area is 153 Å². The van der Waals surface area contributed by atoms with Crippen molar-refractivity contribution in [2.75, 3.05) is 6.61 Å². The summed E-state index contributed by atoms with van der Waals surface area (Å²) >= 11 is 0. The third-order valence-electron chi connectivity index (χ3n) is 3.89. The highest BCUT2D eigenvalue weighted by Crippen LogP contribution is 2.13. The van der Waals surface area contributed by atoms with Gasteiger partial charge in [0, 0.05) is 0 Å². The van der Waals surface area contributed by atoms with Crippen LogP contribution in [-0.2, 0) is 28.6 Å². The summed E-state index contributed by atoms with van der Waals surface area (Å²) in [4.78, 5) is 0. The molecule has 0 saturated heterocycles. The molecule has 25 heavy (non-hydrogen) atoms. The van der Waals surface area contributed by atoms with E-state index in [2.05, 4.69) is 14.7 Å². The van der Waals surface area contributed by atoms with Crippen molar-refractivity contribution in [2.24, 2.45) is 0 Å². The standard InChI is InChI=1S/C16H34O7S2/c1-2-3-4-5-6-7-8-9-10-11-12-13-14-15-16-22-25(20,21)23-24(17,18)19/h2-16H2,1H3,(H,17,18,19). The quantitative estimate of drug-likeness (QED) is 0.265. The van der Waals surface area contributed by atoms with Gasteiger partial charge in [-0.1, -0.05) is 90.4 Å². The van der Waals surface area contributed by atoms with Crippen molar-refractivity contribution < 1.29 is 29.2 Å². The maximum Gasteiger partial charge on any atom is 0.416 e. The monoisotopic (exact) mass is 402 g/mol. The van der Waals surface area contributed by atoms with Crippen LogP contribution >= 0.6 is 0 Å². The van der Waals surface area contributed by atoms with Crippen LogP contribution in [0, 0.1) is 0 Å². The third kappa shape index (κ3) is 19.9. The Morgan fingerprint density at radius 1 is 0.640 bits per heavy atom. The molecule has 0 aromatic rings. The van der Waals surface area contributed by atoms with E-state index in [9.17, 15) is 16.8 Å². The summed E-state index contributed by atoms with van der Waals surface area (Å²) < 4.78 is 58.6. The summed E-state index contributed by atoms with van der Waals surface area (Å²) in [6, 6.07) is 0. The SMILES string of the molecule is CCCCCCCCCCCCCCCCOS(=O)(=O)OS(=O)(=O)O. The van der Waals surface area contributed by atoms with E-state index < -0.39 is 20.8 Å². The Morgan fingerprint density at radius 3 is 1.36 bits per heavy atom. The second-order valence-corrected chi connectivity index (χ2v) is 8.77. The molecule has 0 atom stereocenters. The van der Waals surface area contributed by atoms with Gasteiger partial charge < -0.3 is 0 Å². The molecule has 1 N–H and O–H groups in total. The van der Waals surface area contributed by atoms with Crippen LogP contribution in [0.15, 0.2) is 0 Å². The highest BCUT2D eigenvalue weighted by atomic mass is 32.3. The van der Waals surface area contributed by atoms with Gasteiger partial charge in [0.25, 0.3) is 0 Å². The average molecular weight is 403 g/mol. The molecule has 0 rings (SSSR count). The zero-order valence-electron chi connectivity index (χ0n) is 15.3. The number of unbranched alkanes of at least 4 members (excludes halogenated alkanes) is 13. The van der Waals surface area contributed by atoms with E-state index in [0.29, 0.717) is 6.42 Å². The van der Waals surface area contributed by atoms with E-state index in [-0.39, 0.29) is 6.61 Å². The largest absolute Gasteiger partial charge is 0.416 e. The lowest BCUT2D eigenvalue weighted by Gasteiger charge is -2.04. The minimum absolute atomic E-state index is 0.157.